The molecule has 0 fully saturated rings. The Balaban J connectivity index is 4.35. The first-order valence-electron chi connectivity index (χ1n) is 7.82. The van der Waals surface area contributed by atoms with Crippen LogP contribution in [0.2, 0.25) is 0 Å². The maximum absolute atomic E-state index is 5.76. The van der Waals surface area contributed by atoms with E-state index in [2.05, 4.69) is 65.7 Å². The van der Waals surface area contributed by atoms with Crippen molar-refractivity contribution in [1.82, 2.24) is 9.80 Å². The first-order chi connectivity index (χ1) is 9.20. The molecule has 122 valence electrons. The lowest BCUT2D eigenvalue weighted by atomic mass is 10.1. The average Bonchev–Trinajstić information content (AvgIpc) is 2.22. The predicted octanol–water partition coefficient (Wildman–Crippen LogP) is 2.89. The molecule has 0 aromatic rings. The van der Waals surface area contributed by atoms with Crippen LogP contribution in [0.15, 0.2) is 0 Å². The molecule has 0 bridgehead atoms. The van der Waals surface area contributed by atoms with Crippen LogP contribution in [0, 0.1) is 11.8 Å². The minimum atomic E-state index is 0.141. The predicted molar refractivity (Wildman–Crippen MR) is 85.8 cm³/mol. The van der Waals surface area contributed by atoms with Crippen LogP contribution in [-0.4, -0.2) is 63.3 Å². The maximum atomic E-state index is 5.76. The SMILES string of the molecule is CC(C)CC(CN(C)C)OOC(CC(C)C)CN(C)C. The van der Waals surface area contributed by atoms with E-state index in [1.54, 1.807) is 0 Å². The molecule has 0 amide bonds. The Morgan fingerprint density at radius 2 is 0.950 bits per heavy atom. The van der Waals surface area contributed by atoms with Crippen molar-refractivity contribution in [2.75, 3.05) is 41.3 Å². The fourth-order valence-electron chi connectivity index (χ4n) is 2.31. The molecular weight excluding hydrogens is 252 g/mol. The van der Waals surface area contributed by atoms with Crippen LogP contribution in [0.4, 0.5) is 0 Å². The summed E-state index contributed by atoms with van der Waals surface area (Å²) in [7, 11) is 8.29. The summed E-state index contributed by atoms with van der Waals surface area (Å²) in [5.41, 5.74) is 0. The summed E-state index contributed by atoms with van der Waals surface area (Å²) < 4.78 is 0. The van der Waals surface area contributed by atoms with Crippen molar-refractivity contribution < 1.29 is 9.78 Å². The van der Waals surface area contributed by atoms with Gasteiger partial charge in [-0.25, -0.2) is 9.78 Å². The van der Waals surface area contributed by atoms with Gasteiger partial charge >= 0.3 is 0 Å². The van der Waals surface area contributed by atoms with Gasteiger partial charge < -0.3 is 9.80 Å². The Bertz CT molecular complexity index is 187. The quantitative estimate of drug-likeness (QED) is 0.431. The number of rotatable bonds is 11. The topological polar surface area (TPSA) is 24.9 Å². The Kier molecular flexibility index (Phi) is 10.5. The van der Waals surface area contributed by atoms with Crippen molar-refractivity contribution in [2.45, 2.75) is 52.7 Å². The highest BCUT2D eigenvalue weighted by Crippen LogP contribution is 2.14. The second-order valence-electron chi connectivity index (χ2n) is 7.22. The molecule has 2 unspecified atom stereocenters. The van der Waals surface area contributed by atoms with E-state index in [9.17, 15) is 0 Å². The molecule has 0 spiro atoms. The summed E-state index contributed by atoms with van der Waals surface area (Å²) >= 11 is 0. The van der Waals surface area contributed by atoms with Gasteiger partial charge in [-0.3, -0.25) is 0 Å². The smallest absolute Gasteiger partial charge is 0.106 e. The minimum Gasteiger partial charge on any atom is -0.307 e. The molecule has 0 saturated heterocycles. The highest BCUT2D eigenvalue weighted by molar-refractivity contribution is 4.65. The van der Waals surface area contributed by atoms with Crippen molar-refractivity contribution in [3.05, 3.63) is 0 Å². The summed E-state index contributed by atoms with van der Waals surface area (Å²) in [6, 6.07) is 0. The summed E-state index contributed by atoms with van der Waals surface area (Å²) in [5, 5.41) is 0. The van der Waals surface area contributed by atoms with Gasteiger partial charge in [-0.2, -0.15) is 0 Å². The largest absolute Gasteiger partial charge is 0.307 e. The fourth-order valence-corrected chi connectivity index (χ4v) is 2.31. The van der Waals surface area contributed by atoms with Gasteiger partial charge in [-0.15, -0.1) is 0 Å². The Hall–Kier alpha value is -0.160. The zero-order valence-electron chi connectivity index (χ0n) is 14.8. The molecule has 0 saturated carbocycles. The minimum absolute atomic E-state index is 0.141. The second-order valence-corrected chi connectivity index (χ2v) is 7.22. The molecule has 20 heavy (non-hydrogen) atoms. The van der Waals surface area contributed by atoms with Crippen LogP contribution in [0.3, 0.4) is 0 Å². The van der Waals surface area contributed by atoms with Gasteiger partial charge in [0.2, 0.25) is 0 Å². The second kappa shape index (κ2) is 10.6. The standard InChI is InChI=1S/C16H36N2O2/c1-13(2)9-15(11-17(5)6)19-20-16(10-14(3)4)12-18(7)8/h13-16H,9-12H2,1-8H3. The van der Waals surface area contributed by atoms with Crippen LogP contribution in [0.1, 0.15) is 40.5 Å². The summed E-state index contributed by atoms with van der Waals surface area (Å²) in [6.07, 6.45) is 2.33. The van der Waals surface area contributed by atoms with E-state index in [1.807, 2.05) is 0 Å². The van der Waals surface area contributed by atoms with Crippen LogP contribution in [0.25, 0.3) is 0 Å². The molecule has 0 aliphatic heterocycles. The third kappa shape index (κ3) is 11.6. The molecule has 4 nitrogen and oxygen atoms in total. The molecule has 0 rings (SSSR count). The van der Waals surface area contributed by atoms with E-state index in [0.29, 0.717) is 11.8 Å². The number of hydrogen-bond donors (Lipinski definition) is 0. The first-order valence-corrected chi connectivity index (χ1v) is 7.82. The van der Waals surface area contributed by atoms with Crippen molar-refractivity contribution in [3.63, 3.8) is 0 Å². The lowest BCUT2D eigenvalue weighted by Gasteiger charge is -2.27. The molecule has 0 aliphatic carbocycles. The lowest BCUT2D eigenvalue weighted by molar-refractivity contribution is -0.356. The zero-order chi connectivity index (χ0) is 15.7. The summed E-state index contributed by atoms with van der Waals surface area (Å²) in [6.45, 7) is 10.7. The Labute approximate surface area is 126 Å². The van der Waals surface area contributed by atoms with Crippen molar-refractivity contribution in [1.29, 1.82) is 0 Å². The molecule has 2 atom stereocenters. The van der Waals surface area contributed by atoms with Crippen LogP contribution in [-0.2, 0) is 9.78 Å². The monoisotopic (exact) mass is 288 g/mol. The maximum Gasteiger partial charge on any atom is 0.106 e. The van der Waals surface area contributed by atoms with Gasteiger partial charge in [0.25, 0.3) is 0 Å². The van der Waals surface area contributed by atoms with Gasteiger partial charge in [0.1, 0.15) is 12.2 Å². The van der Waals surface area contributed by atoms with E-state index >= 15 is 0 Å². The van der Waals surface area contributed by atoms with E-state index in [-0.39, 0.29) is 12.2 Å². The highest BCUT2D eigenvalue weighted by atomic mass is 17.2. The third-order valence-electron chi connectivity index (χ3n) is 2.93. The van der Waals surface area contributed by atoms with Gasteiger partial charge in [0.05, 0.1) is 0 Å². The van der Waals surface area contributed by atoms with Gasteiger partial charge in [0.15, 0.2) is 0 Å². The van der Waals surface area contributed by atoms with Crippen molar-refractivity contribution >= 4 is 0 Å². The average molecular weight is 288 g/mol. The van der Waals surface area contributed by atoms with E-state index < -0.39 is 0 Å². The molecular formula is C16H36N2O2. The van der Waals surface area contributed by atoms with Gasteiger partial charge in [0, 0.05) is 13.1 Å². The Morgan fingerprint density at radius 1 is 0.650 bits per heavy atom. The number of nitrogens with zero attached hydrogens (tertiary/aromatic N) is 2. The molecule has 0 aromatic carbocycles. The molecule has 0 aromatic heterocycles. The highest BCUT2D eigenvalue weighted by Gasteiger charge is 2.19. The van der Waals surface area contributed by atoms with E-state index in [4.69, 9.17) is 9.78 Å². The van der Waals surface area contributed by atoms with Crippen LogP contribution in [0.5, 0.6) is 0 Å². The normalized spacial score (nSPS) is 15.6. The summed E-state index contributed by atoms with van der Waals surface area (Å²) in [4.78, 5) is 15.8. The molecule has 4 heteroatoms. The van der Waals surface area contributed by atoms with E-state index in [1.165, 1.54) is 0 Å². The fraction of sp³-hybridized carbons (Fsp3) is 1.00. The third-order valence-corrected chi connectivity index (χ3v) is 2.93. The van der Waals surface area contributed by atoms with E-state index in [0.717, 1.165) is 25.9 Å². The molecule has 0 N–H and O–H groups in total. The molecule has 0 radical (unpaired) electrons. The van der Waals surface area contributed by atoms with Crippen LogP contribution >= 0.6 is 0 Å². The first kappa shape index (κ1) is 19.8. The summed E-state index contributed by atoms with van der Waals surface area (Å²) in [5.74, 6) is 1.22. The molecule has 0 aliphatic rings. The number of likely N-dealkylation sites (N-methyl/N-ethyl adjacent to an activating group) is 2. The van der Waals surface area contributed by atoms with Crippen LogP contribution < -0.4 is 0 Å². The van der Waals surface area contributed by atoms with Crippen molar-refractivity contribution in [3.8, 4) is 0 Å². The number of hydrogen-bond acceptors (Lipinski definition) is 4. The lowest BCUT2D eigenvalue weighted by Crippen LogP contribution is -2.34. The Morgan fingerprint density at radius 3 is 1.15 bits per heavy atom. The zero-order valence-corrected chi connectivity index (χ0v) is 14.8. The van der Waals surface area contributed by atoms with Gasteiger partial charge in [-0.05, 0) is 52.9 Å². The van der Waals surface area contributed by atoms with Crippen molar-refractivity contribution in [2.24, 2.45) is 11.8 Å². The molecule has 0 heterocycles. The van der Waals surface area contributed by atoms with Gasteiger partial charge in [-0.1, -0.05) is 27.7 Å².